The van der Waals surface area contributed by atoms with Crippen molar-refractivity contribution in [2.45, 2.75) is 26.8 Å². The predicted molar refractivity (Wildman–Crippen MR) is 79.4 cm³/mol. The monoisotopic (exact) mass is 295 g/mol. The van der Waals surface area contributed by atoms with E-state index in [1.54, 1.807) is 0 Å². The van der Waals surface area contributed by atoms with Gasteiger partial charge in [-0.15, -0.1) is 0 Å². The molecule has 0 heterocycles. The van der Waals surface area contributed by atoms with Crippen LogP contribution in [0.3, 0.4) is 0 Å². The average molecular weight is 295 g/mol. The number of carbonyl (C=O) groups is 1. The number of benzene rings is 1. The highest BCUT2D eigenvalue weighted by atomic mass is 16.6. The maximum Gasteiger partial charge on any atom is 0.310 e. The van der Waals surface area contributed by atoms with Crippen LogP contribution in [0.15, 0.2) is 18.2 Å². The molecule has 21 heavy (non-hydrogen) atoms. The fraction of sp³-hybridized carbons (Fsp3) is 0.500. The van der Waals surface area contributed by atoms with E-state index in [1.165, 1.54) is 25.3 Å². The van der Waals surface area contributed by atoms with E-state index in [0.29, 0.717) is 12.1 Å². The molecule has 7 nitrogen and oxygen atoms in total. The number of nitrogens with two attached hydrogens (primary N) is 1. The smallest absolute Gasteiger partial charge is 0.310 e. The number of amides is 1. The minimum absolute atomic E-state index is 0.0488. The van der Waals surface area contributed by atoms with Crippen molar-refractivity contribution in [3.8, 4) is 5.75 Å². The van der Waals surface area contributed by atoms with Crippen LogP contribution in [0.5, 0.6) is 5.75 Å². The Balaban J connectivity index is 3.01. The van der Waals surface area contributed by atoms with E-state index < -0.39 is 4.92 Å². The van der Waals surface area contributed by atoms with Gasteiger partial charge in [-0.05, 0) is 11.5 Å². The van der Waals surface area contributed by atoms with Crippen LogP contribution in [0, 0.1) is 15.5 Å². The zero-order valence-electron chi connectivity index (χ0n) is 12.7. The molecule has 0 aliphatic carbocycles. The van der Waals surface area contributed by atoms with Gasteiger partial charge in [0.05, 0.1) is 12.0 Å². The van der Waals surface area contributed by atoms with Crippen molar-refractivity contribution in [2.24, 2.45) is 11.1 Å². The maximum atomic E-state index is 12.2. The molecular formula is C14H21N3O4. The minimum Gasteiger partial charge on any atom is -0.490 e. The average Bonchev–Trinajstić information content (AvgIpc) is 2.42. The Kier molecular flexibility index (Phi) is 5.26. The van der Waals surface area contributed by atoms with Crippen LogP contribution in [-0.2, 0) is 0 Å². The molecule has 1 rings (SSSR count). The number of nitrogens with one attached hydrogen (secondary N) is 1. The lowest BCUT2D eigenvalue weighted by atomic mass is 9.86. The Hall–Kier alpha value is -2.15. The summed E-state index contributed by atoms with van der Waals surface area (Å²) in [7, 11) is 1.32. The largest absolute Gasteiger partial charge is 0.490 e. The number of hydrogen-bond acceptors (Lipinski definition) is 5. The molecule has 1 atom stereocenters. The summed E-state index contributed by atoms with van der Waals surface area (Å²) in [5.41, 5.74) is 5.60. The molecule has 1 aromatic rings. The lowest BCUT2D eigenvalue weighted by Gasteiger charge is -2.30. The second-order valence-electron chi connectivity index (χ2n) is 5.77. The first-order chi connectivity index (χ1) is 9.70. The van der Waals surface area contributed by atoms with Crippen LogP contribution in [-0.4, -0.2) is 30.5 Å². The van der Waals surface area contributed by atoms with Crippen molar-refractivity contribution < 1.29 is 14.5 Å². The van der Waals surface area contributed by atoms with Gasteiger partial charge in [0.1, 0.15) is 0 Å². The molecule has 3 N–H and O–H groups in total. The molecule has 0 saturated heterocycles. The van der Waals surface area contributed by atoms with Crippen LogP contribution in [0.1, 0.15) is 31.1 Å². The zero-order valence-corrected chi connectivity index (χ0v) is 12.7. The molecule has 1 amide bonds. The van der Waals surface area contributed by atoms with Gasteiger partial charge in [0, 0.05) is 30.3 Å². The summed E-state index contributed by atoms with van der Waals surface area (Å²) >= 11 is 0. The van der Waals surface area contributed by atoms with E-state index in [2.05, 4.69) is 5.32 Å². The van der Waals surface area contributed by atoms with E-state index in [1.807, 2.05) is 20.8 Å². The number of hydrogen-bond donors (Lipinski definition) is 2. The maximum absolute atomic E-state index is 12.2. The third-order valence-electron chi connectivity index (χ3n) is 3.23. The normalized spacial score (nSPS) is 12.6. The van der Waals surface area contributed by atoms with Crippen molar-refractivity contribution in [1.29, 1.82) is 0 Å². The van der Waals surface area contributed by atoms with Crippen LogP contribution in [0.4, 0.5) is 5.69 Å². The van der Waals surface area contributed by atoms with Gasteiger partial charge in [-0.3, -0.25) is 14.9 Å². The van der Waals surface area contributed by atoms with Crippen molar-refractivity contribution in [3.05, 3.63) is 33.9 Å². The van der Waals surface area contributed by atoms with Crippen molar-refractivity contribution in [2.75, 3.05) is 13.7 Å². The molecule has 1 unspecified atom stereocenters. The molecule has 0 aliphatic rings. The Labute approximate surface area is 123 Å². The molecule has 1 aromatic carbocycles. The zero-order chi connectivity index (χ0) is 16.2. The molecule has 0 fully saturated rings. The topological polar surface area (TPSA) is 107 Å². The fourth-order valence-electron chi connectivity index (χ4n) is 1.84. The first-order valence-corrected chi connectivity index (χ1v) is 6.54. The highest BCUT2D eigenvalue weighted by Crippen LogP contribution is 2.27. The summed E-state index contributed by atoms with van der Waals surface area (Å²) in [6.45, 7) is 6.23. The molecule has 116 valence electrons. The second-order valence-corrected chi connectivity index (χ2v) is 5.77. The number of rotatable bonds is 5. The molecular weight excluding hydrogens is 274 g/mol. The Morgan fingerprint density at radius 1 is 1.48 bits per heavy atom. The molecule has 0 radical (unpaired) electrons. The van der Waals surface area contributed by atoms with Crippen LogP contribution in [0.25, 0.3) is 0 Å². The third-order valence-corrected chi connectivity index (χ3v) is 3.23. The van der Waals surface area contributed by atoms with Gasteiger partial charge in [-0.2, -0.15) is 0 Å². The molecule has 0 saturated carbocycles. The van der Waals surface area contributed by atoms with Gasteiger partial charge in [0.25, 0.3) is 5.91 Å². The Morgan fingerprint density at radius 2 is 2.10 bits per heavy atom. The van der Waals surface area contributed by atoms with E-state index in [-0.39, 0.29) is 28.8 Å². The number of nitrogens with zero attached hydrogens (tertiary/aromatic N) is 1. The van der Waals surface area contributed by atoms with E-state index >= 15 is 0 Å². The highest BCUT2D eigenvalue weighted by Gasteiger charge is 2.26. The molecule has 0 aromatic heterocycles. The van der Waals surface area contributed by atoms with Crippen LogP contribution in [0.2, 0.25) is 0 Å². The van der Waals surface area contributed by atoms with Gasteiger partial charge >= 0.3 is 5.69 Å². The lowest BCUT2D eigenvalue weighted by Crippen LogP contribution is -2.48. The van der Waals surface area contributed by atoms with Crippen molar-refractivity contribution in [1.82, 2.24) is 5.32 Å². The summed E-state index contributed by atoms with van der Waals surface area (Å²) in [4.78, 5) is 22.5. The molecule has 0 aliphatic heterocycles. The highest BCUT2D eigenvalue weighted by molar-refractivity contribution is 5.95. The minimum atomic E-state index is -0.557. The van der Waals surface area contributed by atoms with Crippen molar-refractivity contribution >= 4 is 11.6 Å². The fourth-order valence-corrected chi connectivity index (χ4v) is 1.84. The standard InChI is InChI=1S/C14H21N3O4/c1-14(2,3)12(8-15)16-13(18)9-5-6-10(17(19)20)11(7-9)21-4/h5-7,12H,8,15H2,1-4H3,(H,16,18). The number of nitro groups is 1. The van der Waals surface area contributed by atoms with Gasteiger partial charge in [0.15, 0.2) is 5.75 Å². The third kappa shape index (κ3) is 4.16. The summed E-state index contributed by atoms with van der Waals surface area (Å²) in [6.07, 6.45) is 0. The lowest BCUT2D eigenvalue weighted by molar-refractivity contribution is -0.385. The summed E-state index contributed by atoms with van der Waals surface area (Å²) < 4.78 is 4.95. The van der Waals surface area contributed by atoms with E-state index in [0.717, 1.165) is 0 Å². The number of methoxy groups -OCH3 is 1. The van der Waals surface area contributed by atoms with Gasteiger partial charge in [-0.25, -0.2) is 0 Å². The van der Waals surface area contributed by atoms with Gasteiger partial charge in [0.2, 0.25) is 0 Å². The van der Waals surface area contributed by atoms with E-state index in [9.17, 15) is 14.9 Å². The van der Waals surface area contributed by atoms with E-state index in [4.69, 9.17) is 10.5 Å². The predicted octanol–water partition coefficient (Wildman–Crippen LogP) is 1.71. The Bertz CT molecular complexity index is 538. The van der Waals surface area contributed by atoms with Crippen molar-refractivity contribution in [3.63, 3.8) is 0 Å². The Morgan fingerprint density at radius 3 is 2.52 bits per heavy atom. The first kappa shape index (κ1) is 16.9. The number of carbonyl (C=O) groups excluding carboxylic acids is 1. The summed E-state index contributed by atoms with van der Waals surface area (Å²) in [5.74, 6) is -0.290. The van der Waals surface area contributed by atoms with Gasteiger partial charge < -0.3 is 15.8 Å². The second kappa shape index (κ2) is 6.53. The SMILES string of the molecule is COc1cc(C(=O)NC(CN)C(C)(C)C)ccc1[N+](=O)[O-]. The molecule has 0 bridgehead atoms. The van der Waals surface area contributed by atoms with Gasteiger partial charge in [-0.1, -0.05) is 20.8 Å². The number of ether oxygens (including phenoxy) is 1. The molecule has 0 spiro atoms. The molecule has 7 heteroatoms. The summed E-state index contributed by atoms with van der Waals surface area (Å²) in [5, 5.41) is 13.7. The van der Waals surface area contributed by atoms with Crippen LogP contribution >= 0.6 is 0 Å². The quantitative estimate of drug-likeness (QED) is 0.635. The van der Waals surface area contributed by atoms with Crippen LogP contribution < -0.4 is 15.8 Å². The summed E-state index contributed by atoms with van der Waals surface area (Å²) in [6, 6.07) is 3.80. The first-order valence-electron chi connectivity index (χ1n) is 6.54. The number of nitro benzene ring substituents is 1.